The molecule has 0 bridgehead atoms. The lowest BCUT2D eigenvalue weighted by Crippen LogP contribution is -2.17. The highest BCUT2D eigenvalue weighted by atomic mass is 19.1. The first-order chi connectivity index (χ1) is 9.54. The van der Waals surface area contributed by atoms with E-state index in [2.05, 4.69) is 5.32 Å². The normalized spacial score (nSPS) is 10.1. The van der Waals surface area contributed by atoms with Crippen molar-refractivity contribution in [1.82, 2.24) is 0 Å². The van der Waals surface area contributed by atoms with E-state index in [1.807, 2.05) is 0 Å². The maximum absolute atomic E-state index is 12.8. The van der Waals surface area contributed by atoms with Gasteiger partial charge in [-0.3, -0.25) is 0 Å². The molecule has 5 nitrogen and oxygen atoms in total. The monoisotopic (exact) mass is 275 g/mol. The van der Waals surface area contributed by atoms with Crippen LogP contribution in [-0.2, 0) is 6.54 Å². The fraction of sp³-hybridized carbons (Fsp3) is 0.0714. The van der Waals surface area contributed by atoms with Gasteiger partial charge in [0.25, 0.3) is 0 Å². The Morgan fingerprint density at radius 1 is 1.20 bits per heavy atom. The summed E-state index contributed by atoms with van der Waals surface area (Å²) in [5, 5.41) is 3.13. The molecule has 0 saturated heterocycles. The molecule has 0 aliphatic carbocycles. The number of nitrogens with two attached hydrogens (primary N) is 2. The summed E-state index contributed by atoms with van der Waals surface area (Å²) in [4.78, 5) is 10.6. The van der Waals surface area contributed by atoms with Gasteiger partial charge in [0.15, 0.2) is 5.75 Å². The summed E-state index contributed by atoms with van der Waals surface area (Å²) in [6.45, 7) is 0.524. The van der Waals surface area contributed by atoms with Gasteiger partial charge in [-0.2, -0.15) is 0 Å². The maximum Gasteiger partial charge on any atom is 0.410 e. The minimum atomic E-state index is -0.913. The lowest BCUT2D eigenvalue weighted by molar-refractivity contribution is 0.211. The number of nitrogens with one attached hydrogen (secondary N) is 1. The van der Waals surface area contributed by atoms with Crippen LogP contribution in [0, 0.1) is 5.82 Å². The summed E-state index contributed by atoms with van der Waals surface area (Å²) in [6.07, 6.45) is -0.913. The Labute approximate surface area is 115 Å². The van der Waals surface area contributed by atoms with Gasteiger partial charge in [0, 0.05) is 12.2 Å². The molecule has 5 N–H and O–H groups in total. The second-order valence-electron chi connectivity index (χ2n) is 4.15. The van der Waals surface area contributed by atoms with Crippen molar-refractivity contribution >= 4 is 17.5 Å². The van der Waals surface area contributed by atoms with Crippen molar-refractivity contribution in [3.05, 3.63) is 53.8 Å². The van der Waals surface area contributed by atoms with E-state index in [-0.39, 0.29) is 11.6 Å². The van der Waals surface area contributed by atoms with Crippen LogP contribution in [0.15, 0.2) is 42.5 Å². The third-order valence-electron chi connectivity index (χ3n) is 2.63. The number of amides is 1. The molecular weight excluding hydrogens is 261 g/mol. The first-order valence-electron chi connectivity index (χ1n) is 5.90. The Hall–Kier alpha value is -2.76. The SMILES string of the molecule is NC(=O)Oc1ccc(NCc2ccc(F)cc2)cc1N. The van der Waals surface area contributed by atoms with Crippen LogP contribution >= 0.6 is 0 Å². The number of hydrogen-bond donors (Lipinski definition) is 3. The highest BCUT2D eigenvalue weighted by molar-refractivity contribution is 5.72. The fourth-order valence-corrected chi connectivity index (χ4v) is 1.67. The van der Waals surface area contributed by atoms with Crippen molar-refractivity contribution in [2.75, 3.05) is 11.1 Å². The average molecular weight is 275 g/mol. The van der Waals surface area contributed by atoms with E-state index in [1.165, 1.54) is 12.1 Å². The Balaban J connectivity index is 2.01. The zero-order valence-electron chi connectivity index (χ0n) is 10.6. The molecule has 2 aromatic rings. The van der Waals surface area contributed by atoms with E-state index in [4.69, 9.17) is 16.2 Å². The number of halogens is 1. The molecule has 104 valence electrons. The highest BCUT2D eigenvalue weighted by Crippen LogP contribution is 2.25. The molecule has 0 aromatic heterocycles. The van der Waals surface area contributed by atoms with Gasteiger partial charge in [-0.05, 0) is 35.9 Å². The smallest absolute Gasteiger partial charge is 0.408 e. The lowest BCUT2D eigenvalue weighted by Gasteiger charge is -2.10. The van der Waals surface area contributed by atoms with Crippen LogP contribution in [-0.4, -0.2) is 6.09 Å². The molecule has 0 atom stereocenters. The molecule has 0 aliphatic heterocycles. The standard InChI is InChI=1S/C14H14FN3O2/c15-10-3-1-9(2-4-10)8-18-11-5-6-13(12(16)7-11)20-14(17)19/h1-7,18H,8,16H2,(H2,17,19). The number of nitrogen functional groups attached to an aromatic ring is 1. The van der Waals surface area contributed by atoms with E-state index < -0.39 is 6.09 Å². The maximum atomic E-state index is 12.8. The number of benzene rings is 2. The van der Waals surface area contributed by atoms with Crippen LogP contribution < -0.4 is 21.5 Å². The Morgan fingerprint density at radius 3 is 2.50 bits per heavy atom. The molecule has 0 saturated carbocycles. The van der Waals surface area contributed by atoms with Crippen molar-refractivity contribution in [3.63, 3.8) is 0 Å². The van der Waals surface area contributed by atoms with Gasteiger partial charge in [-0.15, -0.1) is 0 Å². The number of carbonyl (C=O) groups excluding carboxylic acids is 1. The quantitative estimate of drug-likeness (QED) is 0.748. The number of primary amides is 1. The van der Waals surface area contributed by atoms with Crippen LogP contribution in [0.1, 0.15) is 5.56 Å². The summed E-state index contributed by atoms with van der Waals surface area (Å²) < 4.78 is 17.5. The topological polar surface area (TPSA) is 90.4 Å². The van der Waals surface area contributed by atoms with Crippen LogP contribution in [0.2, 0.25) is 0 Å². The van der Waals surface area contributed by atoms with Gasteiger partial charge in [0.05, 0.1) is 5.69 Å². The van der Waals surface area contributed by atoms with Crippen LogP contribution in [0.5, 0.6) is 5.75 Å². The van der Waals surface area contributed by atoms with Crippen molar-refractivity contribution in [2.45, 2.75) is 6.54 Å². The summed E-state index contributed by atoms with van der Waals surface area (Å²) in [5.41, 5.74) is 12.6. The molecule has 0 fully saturated rings. The van der Waals surface area contributed by atoms with Gasteiger partial charge in [-0.25, -0.2) is 9.18 Å². The van der Waals surface area contributed by atoms with Crippen LogP contribution in [0.4, 0.5) is 20.6 Å². The van der Waals surface area contributed by atoms with E-state index in [9.17, 15) is 9.18 Å². The van der Waals surface area contributed by atoms with E-state index in [0.717, 1.165) is 11.3 Å². The summed E-state index contributed by atoms with van der Waals surface area (Å²) in [6, 6.07) is 11.1. The number of ether oxygens (including phenoxy) is 1. The predicted octanol–water partition coefficient (Wildman–Crippen LogP) is 2.48. The molecule has 1 amide bonds. The third kappa shape index (κ3) is 3.61. The van der Waals surface area contributed by atoms with E-state index in [0.29, 0.717) is 12.2 Å². The van der Waals surface area contributed by atoms with Gasteiger partial charge >= 0.3 is 6.09 Å². The number of carbonyl (C=O) groups is 1. The molecule has 0 radical (unpaired) electrons. The minimum absolute atomic E-state index is 0.213. The Kier molecular flexibility index (Phi) is 4.05. The Morgan fingerprint density at radius 2 is 1.90 bits per heavy atom. The largest absolute Gasteiger partial charge is 0.410 e. The molecule has 0 unspecified atom stereocenters. The zero-order valence-corrected chi connectivity index (χ0v) is 10.6. The van der Waals surface area contributed by atoms with Gasteiger partial charge in [-0.1, -0.05) is 12.1 Å². The van der Waals surface area contributed by atoms with Gasteiger partial charge in [0.1, 0.15) is 5.82 Å². The highest BCUT2D eigenvalue weighted by Gasteiger charge is 2.05. The van der Waals surface area contributed by atoms with Crippen LogP contribution in [0.3, 0.4) is 0 Å². The number of rotatable bonds is 4. The molecule has 0 spiro atoms. The fourth-order valence-electron chi connectivity index (χ4n) is 1.67. The zero-order chi connectivity index (χ0) is 14.5. The van der Waals surface area contributed by atoms with E-state index in [1.54, 1.807) is 30.3 Å². The molecule has 0 aliphatic rings. The van der Waals surface area contributed by atoms with Crippen LogP contribution in [0.25, 0.3) is 0 Å². The van der Waals surface area contributed by atoms with Crippen molar-refractivity contribution < 1.29 is 13.9 Å². The second-order valence-corrected chi connectivity index (χ2v) is 4.15. The lowest BCUT2D eigenvalue weighted by atomic mass is 10.2. The molecule has 20 heavy (non-hydrogen) atoms. The molecular formula is C14H14FN3O2. The number of hydrogen-bond acceptors (Lipinski definition) is 4. The van der Waals surface area contributed by atoms with E-state index >= 15 is 0 Å². The second kappa shape index (κ2) is 5.92. The molecule has 2 aromatic carbocycles. The average Bonchev–Trinajstić information content (AvgIpc) is 2.40. The third-order valence-corrected chi connectivity index (χ3v) is 2.63. The first-order valence-corrected chi connectivity index (χ1v) is 5.90. The molecule has 6 heteroatoms. The predicted molar refractivity (Wildman–Crippen MR) is 74.8 cm³/mol. The van der Waals surface area contributed by atoms with Crippen molar-refractivity contribution in [3.8, 4) is 5.75 Å². The number of anilines is 2. The summed E-state index contributed by atoms with van der Waals surface area (Å²) in [7, 11) is 0. The summed E-state index contributed by atoms with van der Waals surface area (Å²) >= 11 is 0. The Bertz CT molecular complexity index is 614. The molecule has 2 rings (SSSR count). The van der Waals surface area contributed by atoms with Crippen molar-refractivity contribution in [2.24, 2.45) is 5.73 Å². The summed E-state index contributed by atoms with van der Waals surface area (Å²) in [5.74, 6) is -0.0595. The first kappa shape index (κ1) is 13.7. The minimum Gasteiger partial charge on any atom is -0.408 e. The van der Waals surface area contributed by atoms with Gasteiger partial charge < -0.3 is 21.5 Å². The van der Waals surface area contributed by atoms with Crippen molar-refractivity contribution in [1.29, 1.82) is 0 Å². The van der Waals surface area contributed by atoms with Gasteiger partial charge in [0.2, 0.25) is 0 Å². The molecule has 0 heterocycles.